The minimum Gasteiger partial charge on any atom is -0.466 e. The third kappa shape index (κ3) is 3.20. The fourth-order valence-corrected chi connectivity index (χ4v) is 1.75. The van der Waals surface area contributed by atoms with Crippen LogP contribution in [0.2, 0.25) is 0 Å². The maximum atomic E-state index is 11.4. The number of nitrogens with zero attached hydrogens (tertiary/aromatic N) is 1. The van der Waals surface area contributed by atoms with Crippen LogP contribution in [-0.2, 0) is 14.3 Å². The van der Waals surface area contributed by atoms with E-state index in [9.17, 15) is 9.59 Å². The van der Waals surface area contributed by atoms with E-state index in [1.807, 2.05) is 0 Å². The highest BCUT2D eigenvalue weighted by Gasteiger charge is 2.27. The van der Waals surface area contributed by atoms with Gasteiger partial charge in [0.1, 0.15) is 0 Å². The lowest BCUT2D eigenvalue weighted by Gasteiger charge is -2.30. The average molecular weight is 214 g/mol. The SMILES string of the molecule is CCOC(=O)C1CCN(C(=O)CN)CC1. The van der Waals surface area contributed by atoms with Crippen LogP contribution in [-0.4, -0.2) is 43.0 Å². The molecule has 0 aliphatic carbocycles. The molecule has 0 aromatic carbocycles. The van der Waals surface area contributed by atoms with Gasteiger partial charge < -0.3 is 15.4 Å². The smallest absolute Gasteiger partial charge is 0.309 e. The van der Waals surface area contributed by atoms with Gasteiger partial charge in [0.05, 0.1) is 19.1 Å². The van der Waals surface area contributed by atoms with Crippen molar-refractivity contribution in [3.63, 3.8) is 0 Å². The summed E-state index contributed by atoms with van der Waals surface area (Å²) in [4.78, 5) is 24.4. The van der Waals surface area contributed by atoms with Gasteiger partial charge in [0.2, 0.25) is 5.91 Å². The van der Waals surface area contributed by atoms with Crippen LogP contribution in [0.3, 0.4) is 0 Å². The molecule has 86 valence electrons. The fraction of sp³-hybridized carbons (Fsp3) is 0.800. The van der Waals surface area contributed by atoms with E-state index in [-0.39, 0.29) is 24.3 Å². The Labute approximate surface area is 89.6 Å². The molecule has 0 atom stereocenters. The summed E-state index contributed by atoms with van der Waals surface area (Å²) < 4.78 is 4.94. The van der Waals surface area contributed by atoms with Crippen molar-refractivity contribution in [1.82, 2.24) is 4.90 Å². The van der Waals surface area contributed by atoms with E-state index in [1.54, 1.807) is 11.8 Å². The topological polar surface area (TPSA) is 72.6 Å². The van der Waals surface area contributed by atoms with E-state index >= 15 is 0 Å². The zero-order valence-corrected chi connectivity index (χ0v) is 9.07. The first-order chi connectivity index (χ1) is 7.19. The second kappa shape index (κ2) is 5.70. The number of ether oxygens (including phenoxy) is 1. The van der Waals surface area contributed by atoms with Crippen molar-refractivity contribution < 1.29 is 14.3 Å². The van der Waals surface area contributed by atoms with Crippen molar-refractivity contribution in [3.8, 4) is 0 Å². The van der Waals surface area contributed by atoms with Gasteiger partial charge in [-0.15, -0.1) is 0 Å². The predicted octanol–water partition coefficient (Wildman–Crippen LogP) is -0.253. The van der Waals surface area contributed by atoms with Crippen molar-refractivity contribution in [2.45, 2.75) is 19.8 Å². The van der Waals surface area contributed by atoms with Crippen LogP contribution in [0.1, 0.15) is 19.8 Å². The average Bonchev–Trinajstić information content (AvgIpc) is 2.28. The largest absolute Gasteiger partial charge is 0.466 e. The van der Waals surface area contributed by atoms with Crippen LogP contribution >= 0.6 is 0 Å². The molecule has 0 aromatic rings. The van der Waals surface area contributed by atoms with Gasteiger partial charge in [-0.2, -0.15) is 0 Å². The van der Waals surface area contributed by atoms with E-state index in [4.69, 9.17) is 10.5 Å². The van der Waals surface area contributed by atoms with Crippen molar-refractivity contribution in [3.05, 3.63) is 0 Å². The number of rotatable bonds is 3. The predicted molar refractivity (Wildman–Crippen MR) is 55.0 cm³/mol. The maximum absolute atomic E-state index is 11.4. The first-order valence-electron chi connectivity index (χ1n) is 5.33. The van der Waals surface area contributed by atoms with Crippen molar-refractivity contribution in [2.75, 3.05) is 26.2 Å². The lowest BCUT2D eigenvalue weighted by atomic mass is 9.97. The Morgan fingerprint density at radius 2 is 2.00 bits per heavy atom. The summed E-state index contributed by atoms with van der Waals surface area (Å²) in [6, 6.07) is 0. The van der Waals surface area contributed by atoms with Crippen molar-refractivity contribution in [2.24, 2.45) is 11.7 Å². The Morgan fingerprint density at radius 3 is 2.47 bits per heavy atom. The number of carbonyl (C=O) groups excluding carboxylic acids is 2. The quantitative estimate of drug-likeness (QED) is 0.657. The third-order valence-electron chi connectivity index (χ3n) is 2.64. The number of piperidine rings is 1. The number of amides is 1. The van der Waals surface area contributed by atoms with Crippen LogP contribution in [0.4, 0.5) is 0 Å². The molecule has 0 radical (unpaired) electrons. The van der Waals surface area contributed by atoms with E-state index in [0.717, 1.165) is 0 Å². The molecule has 1 rings (SSSR count). The number of hydrogen-bond acceptors (Lipinski definition) is 4. The third-order valence-corrected chi connectivity index (χ3v) is 2.64. The summed E-state index contributed by atoms with van der Waals surface area (Å²) in [6.07, 6.45) is 1.37. The molecule has 2 N–H and O–H groups in total. The van der Waals surface area contributed by atoms with E-state index in [1.165, 1.54) is 0 Å². The van der Waals surface area contributed by atoms with Gasteiger partial charge in [-0.3, -0.25) is 9.59 Å². The van der Waals surface area contributed by atoms with Gasteiger partial charge >= 0.3 is 5.97 Å². The maximum Gasteiger partial charge on any atom is 0.309 e. The highest BCUT2D eigenvalue weighted by Crippen LogP contribution is 2.18. The molecule has 1 amide bonds. The Morgan fingerprint density at radius 1 is 1.40 bits per heavy atom. The Hall–Kier alpha value is -1.10. The zero-order valence-electron chi connectivity index (χ0n) is 9.07. The van der Waals surface area contributed by atoms with Gasteiger partial charge in [0, 0.05) is 13.1 Å². The Bertz CT molecular complexity index is 235. The molecule has 1 saturated heterocycles. The van der Waals surface area contributed by atoms with Gasteiger partial charge in [-0.05, 0) is 19.8 Å². The van der Waals surface area contributed by atoms with Crippen molar-refractivity contribution >= 4 is 11.9 Å². The summed E-state index contributed by atoms with van der Waals surface area (Å²) in [7, 11) is 0. The standard InChI is InChI=1S/C10H18N2O3/c1-2-15-10(14)8-3-5-12(6-4-8)9(13)7-11/h8H,2-7,11H2,1H3. The minimum absolute atomic E-state index is 0.0442. The lowest BCUT2D eigenvalue weighted by molar-refractivity contribution is -0.151. The van der Waals surface area contributed by atoms with Gasteiger partial charge in [0.25, 0.3) is 0 Å². The molecule has 1 aliphatic rings. The van der Waals surface area contributed by atoms with Crippen LogP contribution in [0.5, 0.6) is 0 Å². The molecule has 0 aromatic heterocycles. The molecule has 5 nitrogen and oxygen atoms in total. The van der Waals surface area contributed by atoms with E-state index in [2.05, 4.69) is 0 Å². The van der Waals surface area contributed by atoms with Gasteiger partial charge in [-0.25, -0.2) is 0 Å². The number of nitrogens with two attached hydrogens (primary N) is 1. The second-order valence-corrected chi connectivity index (χ2v) is 3.61. The van der Waals surface area contributed by atoms with Gasteiger partial charge in [-0.1, -0.05) is 0 Å². The summed E-state index contributed by atoms with van der Waals surface area (Å²) in [6.45, 7) is 3.48. The molecular formula is C10H18N2O3. The molecular weight excluding hydrogens is 196 g/mol. The zero-order chi connectivity index (χ0) is 11.3. The van der Waals surface area contributed by atoms with Crippen molar-refractivity contribution in [1.29, 1.82) is 0 Å². The molecule has 1 heterocycles. The van der Waals surface area contributed by atoms with Crippen LogP contribution in [0.15, 0.2) is 0 Å². The van der Waals surface area contributed by atoms with E-state index in [0.29, 0.717) is 32.5 Å². The molecule has 0 unspecified atom stereocenters. The number of esters is 1. The highest BCUT2D eigenvalue weighted by molar-refractivity contribution is 5.78. The molecule has 0 saturated carbocycles. The Balaban J connectivity index is 2.35. The molecule has 0 bridgehead atoms. The fourth-order valence-electron chi connectivity index (χ4n) is 1.75. The lowest BCUT2D eigenvalue weighted by Crippen LogP contribution is -2.43. The summed E-state index contributed by atoms with van der Waals surface area (Å²) in [5.74, 6) is -0.235. The number of hydrogen-bond donors (Lipinski definition) is 1. The minimum atomic E-state index is -0.141. The molecule has 0 spiro atoms. The Kier molecular flexibility index (Phi) is 4.55. The first-order valence-corrected chi connectivity index (χ1v) is 5.33. The first kappa shape index (κ1) is 12.0. The summed E-state index contributed by atoms with van der Waals surface area (Å²) in [5.41, 5.74) is 5.26. The molecule has 5 heteroatoms. The van der Waals surface area contributed by atoms with E-state index < -0.39 is 0 Å². The molecule has 1 aliphatic heterocycles. The second-order valence-electron chi connectivity index (χ2n) is 3.61. The normalized spacial score (nSPS) is 17.6. The summed E-state index contributed by atoms with van der Waals surface area (Å²) in [5, 5.41) is 0. The molecule has 15 heavy (non-hydrogen) atoms. The van der Waals surface area contributed by atoms with Crippen LogP contribution in [0, 0.1) is 5.92 Å². The molecule has 1 fully saturated rings. The van der Waals surface area contributed by atoms with Crippen LogP contribution < -0.4 is 5.73 Å². The van der Waals surface area contributed by atoms with Gasteiger partial charge in [0.15, 0.2) is 0 Å². The van der Waals surface area contributed by atoms with Crippen LogP contribution in [0.25, 0.3) is 0 Å². The number of carbonyl (C=O) groups is 2. The monoisotopic (exact) mass is 214 g/mol. The number of likely N-dealkylation sites (tertiary alicyclic amines) is 1. The summed E-state index contributed by atoms with van der Waals surface area (Å²) >= 11 is 0. The highest BCUT2D eigenvalue weighted by atomic mass is 16.5.